The van der Waals surface area contributed by atoms with Gasteiger partial charge in [-0.05, 0) is 34.8 Å². The molecule has 0 radical (unpaired) electrons. The van der Waals surface area contributed by atoms with Crippen molar-refractivity contribution >= 4 is 33.2 Å². The van der Waals surface area contributed by atoms with Crippen LogP contribution in [0, 0.1) is 0 Å². The maximum atomic E-state index is 10.1. The molecule has 0 unspecified atom stereocenters. The van der Waals surface area contributed by atoms with Gasteiger partial charge in [0.15, 0.2) is 0 Å². The number of hydrogen-bond acceptors (Lipinski definition) is 2. The van der Waals surface area contributed by atoms with E-state index in [2.05, 4.69) is 22.0 Å². The number of thiophene rings is 1. The Bertz CT molecular complexity index is 317. The lowest BCUT2D eigenvalue weighted by Crippen LogP contribution is -1.86. The third-order valence-electron chi connectivity index (χ3n) is 1.44. The number of carboxylic acid groups (broad SMARTS) is 1. The predicted octanol–water partition coefficient (Wildman–Crippen LogP) is 3.08. The van der Waals surface area contributed by atoms with E-state index in [4.69, 9.17) is 5.11 Å². The summed E-state index contributed by atoms with van der Waals surface area (Å²) in [6, 6.07) is 2.05. The van der Waals surface area contributed by atoms with E-state index in [9.17, 15) is 4.79 Å². The maximum absolute atomic E-state index is 10.1. The lowest BCUT2D eigenvalue weighted by Gasteiger charge is -1.89. The van der Waals surface area contributed by atoms with Gasteiger partial charge in [-0.15, -0.1) is 11.3 Å². The molecule has 70 valence electrons. The minimum atomic E-state index is -0.882. The zero-order valence-electron chi connectivity index (χ0n) is 6.87. The SMILES string of the molecule is O=C(O)/C=C/CCc1cc(Br)cs1. The third kappa shape index (κ3) is 4.24. The van der Waals surface area contributed by atoms with Gasteiger partial charge < -0.3 is 5.11 Å². The van der Waals surface area contributed by atoms with Gasteiger partial charge in [-0.1, -0.05) is 6.08 Å². The van der Waals surface area contributed by atoms with Crippen LogP contribution in [0.4, 0.5) is 0 Å². The smallest absolute Gasteiger partial charge is 0.327 e. The Labute approximate surface area is 89.0 Å². The number of carboxylic acids is 1. The van der Waals surface area contributed by atoms with E-state index in [1.807, 2.05) is 5.38 Å². The van der Waals surface area contributed by atoms with Gasteiger partial charge in [0.25, 0.3) is 0 Å². The minimum absolute atomic E-state index is 0.777. The summed E-state index contributed by atoms with van der Waals surface area (Å²) < 4.78 is 1.09. The molecule has 1 aromatic rings. The first kappa shape index (κ1) is 10.5. The first-order valence-electron chi connectivity index (χ1n) is 3.81. The highest BCUT2D eigenvalue weighted by Crippen LogP contribution is 2.20. The second-order valence-electron chi connectivity index (χ2n) is 2.51. The molecule has 0 aliphatic heterocycles. The molecule has 0 bridgehead atoms. The average molecular weight is 261 g/mol. The van der Waals surface area contributed by atoms with Crippen LogP contribution in [0.1, 0.15) is 11.3 Å². The third-order valence-corrected chi connectivity index (χ3v) is 3.20. The Balaban J connectivity index is 2.31. The van der Waals surface area contributed by atoms with Crippen molar-refractivity contribution in [3.05, 3.63) is 32.9 Å². The minimum Gasteiger partial charge on any atom is -0.478 e. The molecule has 0 saturated carbocycles. The zero-order chi connectivity index (χ0) is 9.68. The van der Waals surface area contributed by atoms with Crippen LogP contribution in [0.3, 0.4) is 0 Å². The fraction of sp³-hybridized carbons (Fsp3) is 0.222. The molecule has 1 heterocycles. The molecule has 4 heteroatoms. The van der Waals surface area contributed by atoms with Crippen LogP contribution >= 0.6 is 27.3 Å². The average Bonchev–Trinajstić information content (AvgIpc) is 2.45. The zero-order valence-corrected chi connectivity index (χ0v) is 9.27. The molecule has 13 heavy (non-hydrogen) atoms. The van der Waals surface area contributed by atoms with E-state index >= 15 is 0 Å². The van der Waals surface area contributed by atoms with E-state index < -0.39 is 5.97 Å². The monoisotopic (exact) mass is 260 g/mol. The van der Waals surface area contributed by atoms with Crippen molar-refractivity contribution in [2.45, 2.75) is 12.8 Å². The highest BCUT2D eigenvalue weighted by molar-refractivity contribution is 9.10. The van der Waals surface area contributed by atoms with Gasteiger partial charge in [0.2, 0.25) is 0 Å². The van der Waals surface area contributed by atoms with Crippen molar-refractivity contribution in [3.63, 3.8) is 0 Å². The molecule has 0 atom stereocenters. The van der Waals surface area contributed by atoms with Gasteiger partial charge in [-0.25, -0.2) is 4.79 Å². The molecule has 0 amide bonds. The van der Waals surface area contributed by atoms with E-state index in [1.165, 1.54) is 11.0 Å². The van der Waals surface area contributed by atoms with Gasteiger partial charge >= 0.3 is 5.97 Å². The van der Waals surface area contributed by atoms with Gasteiger partial charge in [0, 0.05) is 20.8 Å². The van der Waals surface area contributed by atoms with Crippen LogP contribution in [0.2, 0.25) is 0 Å². The fourth-order valence-electron chi connectivity index (χ4n) is 0.895. The molecule has 0 saturated heterocycles. The van der Waals surface area contributed by atoms with Crippen LogP contribution in [0.15, 0.2) is 28.1 Å². The summed E-state index contributed by atoms with van der Waals surface area (Å²) in [6.07, 6.45) is 4.54. The number of aliphatic carboxylic acids is 1. The van der Waals surface area contributed by atoms with Crippen molar-refractivity contribution in [1.29, 1.82) is 0 Å². The topological polar surface area (TPSA) is 37.3 Å². The second kappa shape index (κ2) is 5.19. The summed E-state index contributed by atoms with van der Waals surface area (Å²) in [5.74, 6) is -0.882. The molecule has 0 spiro atoms. The Hall–Kier alpha value is -0.610. The summed E-state index contributed by atoms with van der Waals surface area (Å²) in [5, 5.41) is 10.3. The summed E-state index contributed by atoms with van der Waals surface area (Å²) in [7, 11) is 0. The fourth-order valence-corrected chi connectivity index (χ4v) is 2.37. The van der Waals surface area contributed by atoms with Gasteiger partial charge in [-0.3, -0.25) is 0 Å². The molecule has 0 fully saturated rings. The maximum Gasteiger partial charge on any atom is 0.327 e. The van der Waals surface area contributed by atoms with Crippen LogP contribution in [0.25, 0.3) is 0 Å². The number of aryl methyl sites for hydroxylation is 1. The van der Waals surface area contributed by atoms with Gasteiger partial charge in [0.1, 0.15) is 0 Å². The van der Waals surface area contributed by atoms with Crippen molar-refractivity contribution in [3.8, 4) is 0 Å². The van der Waals surface area contributed by atoms with Crippen LogP contribution in [0.5, 0.6) is 0 Å². The summed E-state index contributed by atoms with van der Waals surface area (Å²) in [5.41, 5.74) is 0. The first-order chi connectivity index (χ1) is 6.18. The number of rotatable bonds is 4. The van der Waals surface area contributed by atoms with Crippen LogP contribution < -0.4 is 0 Å². The van der Waals surface area contributed by atoms with E-state index in [-0.39, 0.29) is 0 Å². The number of allylic oxidation sites excluding steroid dienone is 1. The Kier molecular flexibility index (Phi) is 4.18. The van der Waals surface area contributed by atoms with E-state index in [0.717, 1.165) is 17.3 Å². The predicted molar refractivity (Wildman–Crippen MR) is 57.1 cm³/mol. The Morgan fingerprint density at radius 1 is 1.69 bits per heavy atom. The van der Waals surface area contributed by atoms with Crippen molar-refractivity contribution < 1.29 is 9.90 Å². The normalized spacial score (nSPS) is 10.8. The Morgan fingerprint density at radius 3 is 3.00 bits per heavy atom. The molecule has 0 aliphatic carbocycles. The van der Waals surface area contributed by atoms with E-state index in [0.29, 0.717) is 0 Å². The molecule has 0 aliphatic rings. The summed E-state index contributed by atoms with van der Waals surface area (Å²) in [6.45, 7) is 0. The lowest BCUT2D eigenvalue weighted by molar-refractivity contribution is -0.131. The largest absolute Gasteiger partial charge is 0.478 e. The van der Waals surface area contributed by atoms with Crippen molar-refractivity contribution in [2.24, 2.45) is 0 Å². The van der Waals surface area contributed by atoms with Crippen molar-refractivity contribution in [1.82, 2.24) is 0 Å². The number of halogens is 1. The van der Waals surface area contributed by atoms with Gasteiger partial charge in [-0.2, -0.15) is 0 Å². The molecule has 0 aromatic carbocycles. The highest BCUT2D eigenvalue weighted by atomic mass is 79.9. The molecule has 1 rings (SSSR count). The van der Waals surface area contributed by atoms with E-state index in [1.54, 1.807) is 17.4 Å². The lowest BCUT2D eigenvalue weighted by atomic mass is 10.2. The second-order valence-corrected chi connectivity index (χ2v) is 4.42. The highest BCUT2D eigenvalue weighted by Gasteiger charge is 1.95. The number of carbonyl (C=O) groups is 1. The number of hydrogen-bond donors (Lipinski definition) is 1. The van der Waals surface area contributed by atoms with Crippen LogP contribution in [-0.2, 0) is 11.2 Å². The van der Waals surface area contributed by atoms with Crippen molar-refractivity contribution in [2.75, 3.05) is 0 Å². The standard InChI is InChI=1S/C9H9BrO2S/c10-7-5-8(13-6-7)3-1-2-4-9(11)12/h2,4-6H,1,3H2,(H,11,12)/b4-2+. The van der Waals surface area contributed by atoms with Crippen LogP contribution in [-0.4, -0.2) is 11.1 Å². The summed E-state index contributed by atoms with van der Waals surface area (Å²) in [4.78, 5) is 11.4. The molecule has 2 nitrogen and oxygen atoms in total. The molecular weight excluding hydrogens is 252 g/mol. The molecule has 1 aromatic heterocycles. The molecule has 1 N–H and O–H groups in total. The molecular formula is C9H9BrO2S. The first-order valence-corrected chi connectivity index (χ1v) is 5.48. The Morgan fingerprint density at radius 2 is 2.46 bits per heavy atom. The van der Waals surface area contributed by atoms with Gasteiger partial charge in [0.05, 0.1) is 0 Å². The quantitative estimate of drug-likeness (QED) is 0.845. The summed E-state index contributed by atoms with van der Waals surface area (Å²) >= 11 is 5.04.